The number of nitrogens with zero attached hydrogens (tertiary/aromatic N) is 2. The first-order valence-corrected chi connectivity index (χ1v) is 4.13. The molecule has 2 rings (SSSR count). The van der Waals surface area contributed by atoms with E-state index >= 15 is 0 Å². The third-order valence-electron chi connectivity index (χ3n) is 1.26. The molecule has 0 spiro atoms. The molecule has 5 heteroatoms. The topological polar surface area (TPSA) is 51.8 Å². The Kier molecular flexibility index (Phi) is 1.44. The highest BCUT2D eigenvalue weighted by Crippen LogP contribution is 2.25. The van der Waals surface area contributed by atoms with E-state index in [1.165, 1.54) is 11.3 Å². The van der Waals surface area contributed by atoms with Gasteiger partial charge < -0.3 is 5.73 Å². The first-order valence-electron chi connectivity index (χ1n) is 2.93. The molecular weight excluding hydrogens is 182 g/mol. The highest BCUT2D eigenvalue weighted by atomic mass is 35.5. The highest BCUT2D eigenvalue weighted by Gasteiger charge is 2.00. The Bertz CT molecular complexity index is 398. The molecule has 0 unspecified atom stereocenters. The van der Waals surface area contributed by atoms with Gasteiger partial charge >= 0.3 is 0 Å². The molecule has 11 heavy (non-hydrogen) atoms. The highest BCUT2D eigenvalue weighted by molar-refractivity contribution is 7.22. The number of thiophene rings is 1. The molecule has 56 valence electrons. The number of rotatable bonds is 0. The average molecular weight is 186 g/mol. The molecule has 0 fully saturated rings. The van der Waals surface area contributed by atoms with E-state index in [1.807, 2.05) is 6.07 Å². The van der Waals surface area contributed by atoms with Crippen molar-refractivity contribution in [3.63, 3.8) is 0 Å². The van der Waals surface area contributed by atoms with Crippen LogP contribution in [0.3, 0.4) is 0 Å². The van der Waals surface area contributed by atoms with Gasteiger partial charge in [-0.1, -0.05) is 11.3 Å². The maximum absolute atomic E-state index is 5.57. The fourth-order valence-electron chi connectivity index (χ4n) is 0.830. The van der Waals surface area contributed by atoms with E-state index in [0.29, 0.717) is 0 Å². The van der Waals surface area contributed by atoms with Crippen molar-refractivity contribution in [2.45, 2.75) is 0 Å². The third kappa shape index (κ3) is 1.15. The summed E-state index contributed by atoms with van der Waals surface area (Å²) in [5.74, 6) is 0. The molecule has 3 nitrogen and oxygen atoms in total. The molecule has 0 radical (unpaired) electrons. The Morgan fingerprint density at radius 3 is 3.18 bits per heavy atom. The summed E-state index contributed by atoms with van der Waals surface area (Å²) in [6.45, 7) is 0. The minimum atomic E-state index is 0.263. The van der Waals surface area contributed by atoms with Crippen molar-refractivity contribution in [1.29, 1.82) is 0 Å². The van der Waals surface area contributed by atoms with Crippen LogP contribution >= 0.6 is 22.9 Å². The number of nitrogen functional groups attached to an aromatic ring is 1. The van der Waals surface area contributed by atoms with Gasteiger partial charge in [-0.2, -0.15) is 0 Å². The third-order valence-corrected chi connectivity index (χ3v) is 2.32. The maximum Gasteiger partial charge on any atom is 0.223 e. The molecule has 0 saturated carbocycles. The van der Waals surface area contributed by atoms with E-state index < -0.39 is 0 Å². The van der Waals surface area contributed by atoms with Crippen LogP contribution in [-0.4, -0.2) is 9.97 Å². The van der Waals surface area contributed by atoms with E-state index in [1.54, 1.807) is 6.20 Å². The molecule has 2 N–H and O–H groups in total. The van der Waals surface area contributed by atoms with E-state index in [0.717, 1.165) is 15.2 Å². The summed E-state index contributed by atoms with van der Waals surface area (Å²) in [5, 5.41) is 1.94. The Morgan fingerprint density at radius 1 is 1.55 bits per heavy atom. The quantitative estimate of drug-likeness (QED) is 0.638. The van der Waals surface area contributed by atoms with Gasteiger partial charge in [0.1, 0.15) is 4.83 Å². The normalized spacial score (nSPS) is 10.6. The second-order valence-electron chi connectivity index (χ2n) is 2.05. The van der Waals surface area contributed by atoms with Gasteiger partial charge in [0.15, 0.2) is 0 Å². The van der Waals surface area contributed by atoms with Gasteiger partial charge in [-0.15, -0.1) is 0 Å². The predicted octanol–water partition coefficient (Wildman–Crippen LogP) is 1.93. The molecule has 0 bridgehead atoms. The van der Waals surface area contributed by atoms with E-state index in [9.17, 15) is 0 Å². The SMILES string of the molecule is Nc1cc2cnc(Cl)nc2s1. The van der Waals surface area contributed by atoms with Crippen LogP contribution in [0.1, 0.15) is 0 Å². The van der Waals surface area contributed by atoms with Crippen molar-refractivity contribution in [3.05, 3.63) is 17.5 Å². The summed E-state index contributed by atoms with van der Waals surface area (Å²) in [6.07, 6.45) is 1.66. The number of hydrogen-bond acceptors (Lipinski definition) is 4. The monoisotopic (exact) mass is 185 g/mol. The van der Waals surface area contributed by atoms with Crippen LogP contribution in [0.25, 0.3) is 10.2 Å². The molecule has 2 aromatic rings. The minimum absolute atomic E-state index is 0.263. The Morgan fingerprint density at radius 2 is 2.36 bits per heavy atom. The fourth-order valence-corrected chi connectivity index (χ4v) is 1.78. The van der Waals surface area contributed by atoms with Crippen molar-refractivity contribution >= 4 is 38.2 Å². The molecule has 0 aliphatic heterocycles. The molecule has 0 aliphatic rings. The minimum Gasteiger partial charge on any atom is -0.391 e. The number of anilines is 1. The number of aromatic nitrogens is 2. The molecule has 2 heterocycles. The molecular formula is C6H4ClN3S. The van der Waals surface area contributed by atoms with Gasteiger partial charge in [-0.25, -0.2) is 9.97 Å². The van der Waals surface area contributed by atoms with Crippen LogP contribution < -0.4 is 5.73 Å². The second-order valence-corrected chi connectivity index (χ2v) is 3.45. The Hall–Kier alpha value is -0.870. The van der Waals surface area contributed by atoms with Gasteiger partial charge in [-0.05, 0) is 17.7 Å². The lowest BCUT2D eigenvalue weighted by Crippen LogP contribution is -1.77. The summed E-state index contributed by atoms with van der Waals surface area (Å²) < 4.78 is 0. The van der Waals surface area contributed by atoms with Crippen LogP contribution in [0, 0.1) is 0 Å². The number of nitrogens with two attached hydrogens (primary N) is 1. The zero-order chi connectivity index (χ0) is 7.84. The van der Waals surface area contributed by atoms with Crippen LogP contribution in [0.5, 0.6) is 0 Å². The van der Waals surface area contributed by atoms with Crippen LogP contribution in [0.4, 0.5) is 5.00 Å². The zero-order valence-corrected chi connectivity index (χ0v) is 6.99. The van der Waals surface area contributed by atoms with E-state index in [-0.39, 0.29) is 5.28 Å². The molecule has 0 amide bonds. The first kappa shape index (κ1) is 6.82. The predicted molar refractivity (Wildman–Crippen MR) is 46.8 cm³/mol. The molecule has 0 saturated heterocycles. The standard InChI is InChI=1S/C6H4ClN3S/c7-6-9-2-3-1-4(8)11-5(3)10-6/h1-2H,8H2. The van der Waals surface area contributed by atoms with Crippen molar-refractivity contribution in [2.75, 3.05) is 5.73 Å². The van der Waals surface area contributed by atoms with Crippen molar-refractivity contribution in [1.82, 2.24) is 9.97 Å². The molecule has 0 aromatic carbocycles. The summed E-state index contributed by atoms with van der Waals surface area (Å²) in [4.78, 5) is 8.65. The molecule has 0 aliphatic carbocycles. The summed E-state index contributed by atoms with van der Waals surface area (Å²) in [5.41, 5.74) is 5.55. The Labute approximate surface area is 71.8 Å². The largest absolute Gasteiger partial charge is 0.391 e. The first-order chi connectivity index (χ1) is 5.25. The fraction of sp³-hybridized carbons (Fsp3) is 0. The summed E-state index contributed by atoms with van der Waals surface area (Å²) >= 11 is 6.98. The van der Waals surface area contributed by atoms with Crippen LogP contribution in [-0.2, 0) is 0 Å². The van der Waals surface area contributed by atoms with Crippen LogP contribution in [0.2, 0.25) is 5.28 Å². The second kappa shape index (κ2) is 2.32. The lowest BCUT2D eigenvalue weighted by molar-refractivity contribution is 1.23. The zero-order valence-electron chi connectivity index (χ0n) is 5.41. The lowest BCUT2D eigenvalue weighted by Gasteiger charge is -1.86. The van der Waals surface area contributed by atoms with Crippen molar-refractivity contribution in [3.8, 4) is 0 Å². The van der Waals surface area contributed by atoms with E-state index in [2.05, 4.69) is 9.97 Å². The average Bonchev–Trinajstić information content (AvgIpc) is 2.27. The van der Waals surface area contributed by atoms with Gasteiger partial charge in [0.05, 0.1) is 5.00 Å². The number of hydrogen-bond donors (Lipinski definition) is 1. The maximum atomic E-state index is 5.57. The van der Waals surface area contributed by atoms with Crippen molar-refractivity contribution < 1.29 is 0 Å². The molecule has 0 atom stereocenters. The Balaban J connectivity index is 2.82. The van der Waals surface area contributed by atoms with Crippen LogP contribution in [0.15, 0.2) is 12.3 Å². The van der Waals surface area contributed by atoms with Gasteiger partial charge in [0.25, 0.3) is 0 Å². The smallest absolute Gasteiger partial charge is 0.223 e. The van der Waals surface area contributed by atoms with Crippen molar-refractivity contribution in [2.24, 2.45) is 0 Å². The van der Waals surface area contributed by atoms with E-state index in [4.69, 9.17) is 17.3 Å². The van der Waals surface area contributed by atoms with Gasteiger partial charge in [0, 0.05) is 11.6 Å². The van der Waals surface area contributed by atoms with Gasteiger partial charge in [0.2, 0.25) is 5.28 Å². The van der Waals surface area contributed by atoms with Gasteiger partial charge in [-0.3, -0.25) is 0 Å². The summed E-state index contributed by atoms with van der Waals surface area (Å²) in [6, 6.07) is 1.83. The lowest BCUT2D eigenvalue weighted by atomic mass is 10.4. The molecule has 2 aromatic heterocycles. The number of fused-ring (bicyclic) bond motifs is 1. The summed E-state index contributed by atoms with van der Waals surface area (Å²) in [7, 11) is 0. The number of halogens is 1.